The number of anilines is 1. The molecule has 3 rings (SSSR count). The lowest BCUT2D eigenvalue weighted by Gasteiger charge is -2.28. The Morgan fingerprint density at radius 1 is 1.22 bits per heavy atom. The number of pyridine rings is 1. The van der Waals surface area contributed by atoms with Gasteiger partial charge in [-0.2, -0.15) is 0 Å². The van der Waals surface area contributed by atoms with Crippen LogP contribution >= 0.6 is 23.2 Å². The smallest absolute Gasteiger partial charge is 0.322 e. The minimum atomic E-state index is -0.658. The zero-order valence-electron chi connectivity index (χ0n) is 11.8. The van der Waals surface area contributed by atoms with E-state index < -0.39 is 11.8 Å². The zero-order valence-corrected chi connectivity index (χ0v) is 13.3. The summed E-state index contributed by atoms with van der Waals surface area (Å²) in [6.07, 6.45) is 2.16. The highest BCUT2D eigenvalue weighted by Crippen LogP contribution is 2.28. The number of hydrogen-bond acceptors (Lipinski definition) is 2. The summed E-state index contributed by atoms with van der Waals surface area (Å²) in [6, 6.07) is 3.41. The van der Waals surface area contributed by atoms with Crippen molar-refractivity contribution in [3.05, 3.63) is 61.7 Å². The predicted molar refractivity (Wildman–Crippen MR) is 86.6 cm³/mol. The number of fused-ring (bicyclic) bond motifs is 1. The van der Waals surface area contributed by atoms with Crippen LogP contribution in [0.3, 0.4) is 0 Å². The van der Waals surface area contributed by atoms with Crippen LogP contribution in [0.5, 0.6) is 0 Å². The topological polar surface area (TPSA) is 65.2 Å². The van der Waals surface area contributed by atoms with Crippen LogP contribution in [0.2, 0.25) is 10.0 Å². The van der Waals surface area contributed by atoms with E-state index >= 15 is 0 Å². The minimum Gasteiger partial charge on any atom is -0.329 e. The second-order valence-corrected chi connectivity index (χ2v) is 6.01. The van der Waals surface area contributed by atoms with Crippen molar-refractivity contribution in [3.63, 3.8) is 0 Å². The van der Waals surface area contributed by atoms with Crippen molar-refractivity contribution in [2.75, 3.05) is 11.9 Å². The standard InChI is InChI=1S/C15H12Cl2FN3O2/c16-10-4-12(18)13(5-11(10)17)20-15(23)21-2-1-8-3-14(22)19-6-9(8)7-21/h3-6H,1-2,7H2,(H,19,22)(H,20,23). The van der Waals surface area contributed by atoms with E-state index in [0.717, 1.165) is 17.2 Å². The molecule has 2 heterocycles. The lowest BCUT2D eigenvalue weighted by Crippen LogP contribution is -2.39. The average Bonchev–Trinajstić information content (AvgIpc) is 2.52. The normalized spacial score (nSPS) is 13.6. The number of hydrogen-bond donors (Lipinski definition) is 2. The van der Waals surface area contributed by atoms with Crippen LogP contribution in [0.1, 0.15) is 11.1 Å². The van der Waals surface area contributed by atoms with E-state index in [0.29, 0.717) is 19.5 Å². The fourth-order valence-electron chi connectivity index (χ4n) is 2.45. The molecular formula is C15H12Cl2FN3O2. The predicted octanol–water partition coefficient (Wildman–Crippen LogP) is 3.41. The van der Waals surface area contributed by atoms with E-state index in [9.17, 15) is 14.0 Å². The van der Waals surface area contributed by atoms with Gasteiger partial charge in [0.1, 0.15) is 5.82 Å². The number of nitrogens with zero attached hydrogens (tertiary/aromatic N) is 1. The molecule has 0 saturated heterocycles. The van der Waals surface area contributed by atoms with E-state index in [4.69, 9.17) is 23.2 Å². The summed E-state index contributed by atoms with van der Waals surface area (Å²) in [5.74, 6) is -0.658. The Labute approximate surface area is 141 Å². The van der Waals surface area contributed by atoms with E-state index in [1.165, 1.54) is 17.0 Å². The first-order valence-corrected chi connectivity index (χ1v) is 7.60. The van der Waals surface area contributed by atoms with E-state index in [-0.39, 0.29) is 21.3 Å². The Kier molecular flexibility index (Phi) is 4.28. The quantitative estimate of drug-likeness (QED) is 0.769. The fraction of sp³-hybridized carbons (Fsp3) is 0.200. The van der Waals surface area contributed by atoms with Gasteiger partial charge in [-0.05, 0) is 29.7 Å². The average molecular weight is 356 g/mol. The van der Waals surface area contributed by atoms with Crippen LogP contribution in [0.15, 0.2) is 29.2 Å². The van der Waals surface area contributed by atoms with Crippen LogP contribution in [-0.2, 0) is 13.0 Å². The van der Waals surface area contributed by atoms with Crippen molar-refractivity contribution in [3.8, 4) is 0 Å². The Bertz CT molecular complexity index is 838. The molecule has 0 aliphatic carbocycles. The van der Waals surface area contributed by atoms with Gasteiger partial charge in [0.05, 0.1) is 15.7 Å². The number of amides is 2. The monoisotopic (exact) mass is 355 g/mol. The van der Waals surface area contributed by atoms with Gasteiger partial charge in [0.15, 0.2) is 0 Å². The third-order valence-electron chi connectivity index (χ3n) is 3.66. The summed E-state index contributed by atoms with van der Waals surface area (Å²) in [6.45, 7) is 0.770. The summed E-state index contributed by atoms with van der Waals surface area (Å²) in [4.78, 5) is 27.7. The molecule has 1 aliphatic rings. The van der Waals surface area contributed by atoms with Crippen molar-refractivity contribution >= 4 is 34.9 Å². The highest BCUT2D eigenvalue weighted by molar-refractivity contribution is 6.42. The first-order valence-electron chi connectivity index (χ1n) is 6.85. The van der Waals surface area contributed by atoms with Gasteiger partial charge < -0.3 is 15.2 Å². The Balaban J connectivity index is 1.76. The third kappa shape index (κ3) is 3.33. The van der Waals surface area contributed by atoms with Crippen molar-refractivity contribution in [2.45, 2.75) is 13.0 Å². The zero-order chi connectivity index (χ0) is 16.6. The van der Waals surface area contributed by atoms with Gasteiger partial charge >= 0.3 is 6.03 Å². The molecule has 2 amide bonds. The van der Waals surface area contributed by atoms with Crippen LogP contribution in [-0.4, -0.2) is 22.5 Å². The number of carbonyl (C=O) groups is 1. The fourth-order valence-corrected chi connectivity index (χ4v) is 2.76. The number of urea groups is 1. The molecule has 5 nitrogen and oxygen atoms in total. The maximum absolute atomic E-state index is 13.8. The maximum atomic E-state index is 13.8. The molecule has 0 atom stereocenters. The van der Waals surface area contributed by atoms with Gasteiger partial charge in [0, 0.05) is 25.4 Å². The third-order valence-corrected chi connectivity index (χ3v) is 4.38. The molecule has 120 valence electrons. The Hall–Kier alpha value is -2.05. The first-order chi connectivity index (χ1) is 10.9. The van der Waals surface area contributed by atoms with Gasteiger partial charge in [0.25, 0.3) is 0 Å². The Morgan fingerprint density at radius 3 is 2.74 bits per heavy atom. The molecule has 0 bridgehead atoms. The lowest BCUT2D eigenvalue weighted by molar-refractivity contribution is 0.206. The number of halogens is 3. The first kappa shape index (κ1) is 15.8. The number of aromatic nitrogens is 1. The molecule has 0 unspecified atom stereocenters. The molecule has 2 aromatic rings. The number of aromatic amines is 1. The summed E-state index contributed by atoms with van der Waals surface area (Å²) in [5, 5.41) is 2.73. The van der Waals surface area contributed by atoms with Crippen molar-refractivity contribution in [1.29, 1.82) is 0 Å². The summed E-state index contributed by atoms with van der Waals surface area (Å²) < 4.78 is 13.8. The van der Waals surface area contributed by atoms with Crippen molar-refractivity contribution in [1.82, 2.24) is 9.88 Å². The molecule has 1 aromatic carbocycles. The molecular weight excluding hydrogens is 344 g/mol. The van der Waals surface area contributed by atoms with Gasteiger partial charge in [-0.25, -0.2) is 9.18 Å². The molecule has 0 saturated carbocycles. The number of carbonyl (C=O) groups excluding carboxylic acids is 1. The lowest BCUT2D eigenvalue weighted by atomic mass is 10.0. The summed E-state index contributed by atoms with van der Waals surface area (Å²) in [7, 11) is 0. The maximum Gasteiger partial charge on any atom is 0.322 e. The van der Waals surface area contributed by atoms with Gasteiger partial charge in [0.2, 0.25) is 5.56 Å². The van der Waals surface area contributed by atoms with Gasteiger partial charge in [-0.1, -0.05) is 23.2 Å². The second-order valence-electron chi connectivity index (χ2n) is 5.20. The molecule has 23 heavy (non-hydrogen) atoms. The van der Waals surface area contributed by atoms with E-state index in [1.807, 2.05) is 0 Å². The van der Waals surface area contributed by atoms with Crippen LogP contribution in [0.25, 0.3) is 0 Å². The molecule has 0 fully saturated rings. The highest BCUT2D eigenvalue weighted by atomic mass is 35.5. The van der Waals surface area contributed by atoms with E-state index in [1.54, 1.807) is 6.20 Å². The van der Waals surface area contributed by atoms with E-state index in [2.05, 4.69) is 10.3 Å². The number of rotatable bonds is 1. The molecule has 8 heteroatoms. The summed E-state index contributed by atoms with van der Waals surface area (Å²) >= 11 is 11.6. The summed E-state index contributed by atoms with van der Waals surface area (Å²) in [5.41, 5.74) is 1.58. The van der Waals surface area contributed by atoms with Crippen molar-refractivity contribution < 1.29 is 9.18 Å². The second kappa shape index (κ2) is 6.22. The van der Waals surface area contributed by atoms with Gasteiger partial charge in [-0.3, -0.25) is 4.79 Å². The van der Waals surface area contributed by atoms with Crippen LogP contribution < -0.4 is 10.9 Å². The number of benzene rings is 1. The van der Waals surface area contributed by atoms with Crippen molar-refractivity contribution in [2.24, 2.45) is 0 Å². The van der Waals surface area contributed by atoms with Crippen LogP contribution in [0, 0.1) is 5.82 Å². The highest BCUT2D eigenvalue weighted by Gasteiger charge is 2.22. The molecule has 0 radical (unpaired) electrons. The SMILES string of the molecule is O=C(Nc1cc(Cl)c(Cl)cc1F)N1CCc2cc(=O)[nH]cc2C1. The number of H-pyrrole nitrogens is 1. The van der Waals surface area contributed by atoms with Gasteiger partial charge in [-0.15, -0.1) is 0 Å². The molecule has 2 N–H and O–H groups in total. The largest absolute Gasteiger partial charge is 0.329 e. The number of nitrogens with one attached hydrogen (secondary N) is 2. The molecule has 1 aliphatic heterocycles. The Morgan fingerprint density at radius 2 is 1.96 bits per heavy atom. The molecule has 1 aromatic heterocycles. The minimum absolute atomic E-state index is 0.0309. The molecule has 0 spiro atoms. The van der Waals surface area contributed by atoms with Crippen LogP contribution in [0.4, 0.5) is 14.9 Å².